The van der Waals surface area contributed by atoms with Crippen LogP contribution in [0.15, 0.2) is 0 Å². The van der Waals surface area contributed by atoms with E-state index in [0.717, 1.165) is 17.3 Å². The zero-order valence-electron chi connectivity index (χ0n) is 9.19. The maximum absolute atomic E-state index is 2.49. The van der Waals surface area contributed by atoms with E-state index < -0.39 is 0 Å². The van der Waals surface area contributed by atoms with Crippen molar-refractivity contribution in [3.63, 3.8) is 0 Å². The smallest absolute Gasteiger partial charge is 0.0266 e. The number of unbranched alkanes of at least 4 members (excludes halogenated alkanes) is 2. The first-order valence-corrected chi connectivity index (χ1v) is 5.66. The monoisotopic (exact) mass is 168 g/mol. The fourth-order valence-electron chi connectivity index (χ4n) is 2.90. The molecule has 0 saturated heterocycles. The van der Waals surface area contributed by atoms with Gasteiger partial charge in [-0.15, -0.1) is 0 Å². The van der Waals surface area contributed by atoms with Gasteiger partial charge in [-0.2, -0.15) is 0 Å². The third-order valence-electron chi connectivity index (χ3n) is 4.14. The van der Waals surface area contributed by atoms with Gasteiger partial charge >= 0.3 is 0 Å². The fourth-order valence-corrected chi connectivity index (χ4v) is 2.90. The summed E-state index contributed by atoms with van der Waals surface area (Å²) in [5.74, 6) is 2.04. The molecule has 0 spiro atoms. The van der Waals surface area contributed by atoms with E-state index in [4.69, 9.17) is 0 Å². The molecule has 12 heavy (non-hydrogen) atoms. The van der Waals surface area contributed by atoms with Gasteiger partial charge in [0.25, 0.3) is 0 Å². The van der Waals surface area contributed by atoms with Gasteiger partial charge in [0.15, 0.2) is 0 Å². The van der Waals surface area contributed by atoms with Crippen molar-refractivity contribution in [2.45, 2.75) is 59.8 Å². The molecule has 1 rings (SSSR count). The minimum absolute atomic E-state index is 0.726. The van der Waals surface area contributed by atoms with E-state index in [1.54, 1.807) is 0 Å². The Morgan fingerprint density at radius 2 is 1.83 bits per heavy atom. The molecule has 3 unspecified atom stereocenters. The molecule has 0 heterocycles. The first-order valence-electron chi connectivity index (χ1n) is 5.66. The predicted octanol–water partition coefficient (Wildman–Crippen LogP) is 4.25. The van der Waals surface area contributed by atoms with E-state index in [0.29, 0.717) is 0 Å². The largest absolute Gasteiger partial charge is 0.0654 e. The molecule has 0 N–H and O–H groups in total. The quantitative estimate of drug-likeness (QED) is 0.538. The predicted molar refractivity (Wildman–Crippen MR) is 55.2 cm³/mol. The number of rotatable bonds is 5. The Morgan fingerprint density at radius 1 is 1.17 bits per heavy atom. The van der Waals surface area contributed by atoms with E-state index in [2.05, 4.69) is 27.7 Å². The molecule has 3 atom stereocenters. The van der Waals surface area contributed by atoms with Crippen molar-refractivity contribution in [3.05, 3.63) is 0 Å². The summed E-state index contributed by atoms with van der Waals surface area (Å²) in [7, 11) is 0. The molecule has 1 fully saturated rings. The van der Waals surface area contributed by atoms with Crippen molar-refractivity contribution < 1.29 is 0 Å². The second-order valence-corrected chi connectivity index (χ2v) is 4.77. The highest BCUT2D eigenvalue weighted by Crippen LogP contribution is 2.62. The highest BCUT2D eigenvalue weighted by molar-refractivity contribution is 5.04. The summed E-state index contributed by atoms with van der Waals surface area (Å²) >= 11 is 0. The van der Waals surface area contributed by atoms with Gasteiger partial charge in [0.05, 0.1) is 0 Å². The normalized spacial score (nSPS) is 40.0. The lowest BCUT2D eigenvalue weighted by Crippen LogP contribution is -1.98. The van der Waals surface area contributed by atoms with Gasteiger partial charge in [-0.1, -0.05) is 53.4 Å². The second-order valence-electron chi connectivity index (χ2n) is 4.77. The maximum atomic E-state index is 2.49. The van der Waals surface area contributed by atoms with Gasteiger partial charge in [0, 0.05) is 0 Å². The average Bonchev–Trinajstić information content (AvgIpc) is 2.55. The lowest BCUT2D eigenvalue weighted by atomic mass is 9.96. The minimum Gasteiger partial charge on any atom is -0.0654 e. The molecular weight excluding hydrogens is 144 g/mol. The maximum Gasteiger partial charge on any atom is -0.0266 e. The number of hydrogen-bond donors (Lipinski definition) is 0. The number of hydrogen-bond acceptors (Lipinski definition) is 0. The molecule has 0 aromatic heterocycles. The van der Waals surface area contributed by atoms with Crippen LogP contribution in [0.2, 0.25) is 0 Å². The third kappa shape index (κ3) is 1.67. The summed E-state index contributed by atoms with van der Waals surface area (Å²) in [6, 6.07) is 0. The van der Waals surface area contributed by atoms with Crippen LogP contribution in [0.3, 0.4) is 0 Å². The van der Waals surface area contributed by atoms with Crippen molar-refractivity contribution in [1.82, 2.24) is 0 Å². The Labute approximate surface area is 77.7 Å². The molecule has 0 nitrogen and oxygen atoms in total. The SMILES string of the molecule is CCCCCC1(C)C(C)C1CC. The highest BCUT2D eigenvalue weighted by Gasteiger charge is 2.55. The van der Waals surface area contributed by atoms with E-state index >= 15 is 0 Å². The lowest BCUT2D eigenvalue weighted by Gasteiger charge is -2.09. The summed E-state index contributed by atoms with van der Waals surface area (Å²) in [6.07, 6.45) is 7.11. The second kappa shape index (κ2) is 3.81. The van der Waals surface area contributed by atoms with Crippen LogP contribution in [-0.2, 0) is 0 Å². The van der Waals surface area contributed by atoms with Gasteiger partial charge in [-0.3, -0.25) is 0 Å². The molecule has 0 aromatic rings. The molecule has 72 valence electrons. The van der Waals surface area contributed by atoms with Crippen LogP contribution in [0.5, 0.6) is 0 Å². The molecule has 0 heteroatoms. The third-order valence-corrected chi connectivity index (χ3v) is 4.14. The van der Waals surface area contributed by atoms with Crippen molar-refractivity contribution in [1.29, 1.82) is 0 Å². The molecule has 1 saturated carbocycles. The first-order chi connectivity index (χ1) is 5.66. The molecule has 0 bridgehead atoms. The standard InChI is InChI=1S/C12H24/c1-5-7-8-9-12(4)10(3)11(12)6-2/h10-11H,5-9H2,1-4H3. The Bertz CT molecular complexity index is 139. The Kier molecular flexibility index (Phi) is 3.20. The van der Waals surface area contributed by atoms with Crippen LogP contribution in [0.4, 0.5) is 0 Å². The van der Waals surface area contributed by atoms with Crippen molar-refractivity contribution >= 4 is 0 Å². The zero-order chi connectivity index (χ0) is 9.19. The summed E-state index contributed by atoms with van der Waals surface area (Å²) in [5.41, 5.74) is 0.726. The van der Waals surface area contributed by atoms with Crippen LogP contribution in [0.1, 0.15) is 59.8 Å². The summed E-state index contributed by atoms with van der Waals surface area (Å²) in [5, 5.41) is 0. The lowest BCUT2D eigenvalue weighted by molar-refractivity contribution is 0.416. The molecule has 0 aromatic carbocycles. The van der Waals surface area contributed by atoms with E-state index in [1.165, 1.54) is 32.1 Å². The molecule has 1 aliphatic carbocycles. The van der Waals surface area contributed by atoms with Gasteiger partial charge in [-0.05, 0) is 23.7 Å². The first kappa shape index (κ1) is 10.1. The summed E-state index contributed by atoms with van der Waals surface area (Å²) in [6.45, 7) is 9.55. The Balaban J connectivity index is 2.23. The zero-order valence-corrected chi connectivity index (χ0v) is 9.19. The van der Waals surface area contributed by atoms with Gasteiger partial charge in [0.1, 0.15) is 0 Å². The fraction of sp³-hybridized carbons (Fsp3) is 1.00. The molecule has 0 aliphatic heterocycles. The van der Waals surface area contributed by atoms with Crippen LogP contribution in [-0.4, -0.2) is 0 Å². The molecule has 1 aliphatic rings. The minimum atomic E-state index is 0.726. The van der Waals surface area contributed by atoms with Crippen LogP contribution >= 0.6 is 0 Å². The van der Waals surface area contributed by atoms with Gasteiger partial charge in [0.2, 0.25) is 0 Å². The van der Waals surface area contributed by atoms with Crippen molar-refractivity contribution in [2.75, 3.05) is 0 Å². The van der Waals surface area contributed by atoms with E-state index in [1.807, 2.05) is 0 Å². The molecule has 0 amide bonds. The van der Waals surface area contributed by atoms with E-state index in [9.17, 15) is 0 Å². The summed E-state index contributed by atoms with van der Waals surface area (Å²) < 4.78 is 0. The van der Waals surface area contributed by atoms with E-state index in [-0.39, 0.29) is 0 Å². The van der Waals surface area contributed by atoms with Crippen LogP contribution in [0, 0.1) is 17.3 Å². The highest BCUT2D eigenvalue weighted by atomic mass is 14.6. The van der Waals surface area contributed by atoms with Crippen molar-refractivity contribution in [2.24, 2.45) is 17.3 Å². The molecular formula is C12H24. The van der Waals surface area contributed by atoms with Crippen LogP contribution in [0.25, 0.3) is 0 Å². The van der Waals surface area contributed by atoms with Crippen molar-refractivity contribution in [3.8, 4) is 0 Å². The Hall–Kier alpha value is 0. The Morgan fingerprint density at radius 3 is 2.25 bits per heavy atom. The van der Waals surface area contributed by atoms with Crippen LogP contribution < -0.4 is 0 Å². The van der Waals surface area contributed by atoms with Gasteiger partial charge < -0.3 is 0 Å². The molecule has 0 radical (unpaired) electrons. The van der Waals surface area contributed by atoms with Gasteiger partial charge in [-0.25, -0.2) is 0 Å². The average molecular weight is 168 g/mol. The summed E-state index contributed by atoms with van der Waals surface area (Å²) in [4.78, 5) is 0. The topological polar surface area (TPSA) is 0 Å².